The van der Waals surface area contributed by atoms with Gasteiger partial charge in [0.25, 0.3) is 0 Å². The van der Waals surface area contributed by atoms with E-state index in [2.05, 4.69) is 33.8 Å². The van der Waals surface area contributed by atoms with Crippen molar-refractivity contribution in [2.75, 3.05) is 32.1 Å². The third kappa shape index (κ3) is 6.97. The first kappa shape index (κ1) is 30.1. The van der Waals surface area contributed by atoms with Crippen molar-refractivity contribution >= 4 is 49.9 Å². The van der Waals surface area contributed by atoms with Crippen molar-refractivity contribution < 1.29 is 19.1 Å². The summed E-state index contributed by atoms with van der Waals surface area (Å²) < 4.78 is 11.8. The number of rotatable bonds is 9. The van der Waals surface area contributed by atoms with E-state index >= 15 is 0 Å². The smallest absolute Gasteiger partial charge is 0.410 e. The maximum atomic E-state index is 13.0. The van der Waals surface area contributed by atoms with Gasteiger partial charge in [0.05, 0.1) is 23.4 Å². The lowest BCUT2D eigenvalue weighted by atomic mass is 9.97. The van der Waals surface area contributed by atoms with Crippen LogP contribution in [0.3, 0.4) is 0 Å². The van der Waals surface area contributed by atoms with Gasteiger partial charge in [-0.1, -0.05) is 6.07 Å². The number of amides is 2. The van der Waals surface area contributed by atoms with E-state index in [1.807, 2.05) is 39.8 Å². The molecular weight excluding hydrogens is 571 g/mol. The number of pyridine rings is 1. The molecule has 42 heavy (non-hydrogen) atoms. The van der Waals surface area contributed by atoms with Crippen molar-refractivity contribution in [1.82, 2.24) is 20.2 Å². The molecule has 0 fully saturated rings. The normalized spacial score (nSPS) is 15.1. The number of ether oxygens (including phenoxy) is 2. The van der Waals surface area contributed by atoms with E-state index in [9.17, 15) is 9.59 Å². The number of carbonyl (C=O) groups excluding carboxylic acids is 2. The highest BCUT2D eigenvalue weighted by Gasteiger charge is 2.35. The molecule has 4 aromatic rings. The van der Waals surface area contributed by atoms with E-state index in [0.717, 1.165) is 47.4 Å². The number of nitrogens with zero attached hydrogens (tertiary/aromatic N) is 3. The average Bonchev–Trinajstić information content (AvgIpc) is 3.51. The molecule has 0 saturated carbocycles. The summed E-state index contributed by atoms with van der Waals surface area (Å²) in [6.45, 7) is 9.92. The van der Waals surface area contributed by atoms with Gasteiger partial charge in [-0.05, 0) is 75.1 Å². The maximum Gasteiger partial charge on any atom is 0.410 e. The quantitative estimate of drug-likeness (QED) is 0.214. The van der Waals surface area contributed by atoms with Crippen molar-refractivity contribution in [3.8, 4) is 21.7 Å². The fourth-order valence-corrected chi connectivity index (χ4v) is 7.23. The predicted octanol–water partition coefficient (Wildman–Crippen LogP) is 6.33. The van der Waals surface area contributed by atoms with E-state index in [1.54, 1.807) is 35.7 Å². The van der Waals surface area contributed by atoms with Crippen LogP contribution in [0.1, 0.15) is 44.6 Å². The Kier molecular flexibility index (Phi) is 9.22. The third-order valence-electron chi connectivity index (χ3n) is 6.94. The Morgan fingerprint density at radius 1 is 1.10 bits per heavy atom. The van der Waals surface area contributed by atoms with E-state index in [1.165, 1.54) is 11.3 Å². The lowest BCUT2D eigenvalue weighted by molar-refractivity contribution is -0.116. The predicted molar refractivity (Wildman–Crippen MR) is 169 cm³/mol. The summed E-state index contributed by atoms with van der Waals surface area (Å²) in [6, 6.07) is 10.2. The topological polar surface area (TPSA) is 106 Å². The van der Waals surface area contributed by atoms with Crippen molar-refractivity contribution in [3.63, 3.8) is 0 Å². The molecule has 222 valence electrons. The largest absolute Gasteiger partial charge is 0.444 e. The molecule has 9 nitrogen and oxygen atoms in total. The van der Waals surface area contributed by atoms with Gasteiger partial charge >= 0.3 is 6.09 Å². The number of thiophene rings is 1. The Labute approximate surface area is 254 Å². The summed E-state index contributed by atoms with van der Waals surface area (Å²) in [6.07, 6.45) is 4.22. The molecule has 5 rings (SSSR count). The van der Waals surface area contributed by atoms with Crippen molar-refractivity contribution in [2.45, 2.75) is 58.7 Å². The van der Waals surface area contributed by atoms with Crippen molar-refractivity contribution in [1.29, 1.82) is 0 Å². The van der Waals surface area contributed by atoms with Crippen molar-refractivity contribution in [2.24, 2.45) is 0 Å². The second-order valence-electron chi connectivity index (χ2n) is 11.3. The second kappa shape index (κ2) is 12.9. The van der Waals surface area contributed by atoms with E-state index in [-0.39, 0.29) is 18.0 Å². The average molecular weight is 608 g/mol. The lowest BCUT2D eigenvalue weighted by Gasteiger charge is -2.35. The molecule has 11 heteroatoms. The first-order valence-electron chi connectivity index (χ1n) is 14.1. The molecule has 1 aromatic carbocycles. The highest BCUT2D eigenvalue weighted by molar-refractivity contribution is 7.23. The number of thiazole rings is 1. The number of carbonyl (C=O) groups is 2. The lowest BCUT2D eigenvalue weighted by Crippen LogP contribution is -2.44. The van der Waals surface area contributed by atoms with Gasteiger partial charge in [0, 0.05) is 55.5 Å². The van der Waals surface area contributed by atoms with Gasteiger partial charge < -0.3 is 25.0 Å². The monoisotopic (exact) mass is 607 g/mol. The molecule has 1 unspecified atom stereocenters. The van der Waals surface area contributed by atoms with Gasteiger partial charge in [-0.2, -0.15) is 0 Å². The molecule has 1 atom stereocenters. The number of benzene rings is 1. The highest BCUT2D eigenvalue weighted by atomic mass is 32.1. The molecule has 2 amide bonds. The number of hydrogen-bond acceptors (Lipinski definition) is 9. The van der Waals surface area contributed by atoms with Crippen LogP contribution in [0, 0.1) is 0 Å². The van der Waals surface area contributed by atoms with Crippen LogP contribution in [0.25, 0.3) is 31.9 Å². The van der Waals surface area contributed by atoms with Crippen LogP contribution in [0.15, 0.2) is 42.7 Å². The summed E-state index contributed by atoms with van der Waals surface area (Å²) in [5.41, 5.74) is 4.57. The van der Waals surface area contributed by atoms with Crippen LogP contribution in [0.4, 0.5) is 9.80 Å². The van der Waals surface area contributed by atoms with Crippen LogP contribution < -0.4 is 10.6 Å². The van der Waals surface area contributed by atoms with Gasteiger partial charge in [0.2, 0.25) is 5.91 Å². The molecule has 0 aliphatic carbocycles. The van der Waals surface area contributed by atoms with E-state index in [4.69, 9.17) is 14.5 Å². The summed E-state index contributed by atoms with van der Waals surface area (Å²) in [7, 11) is 1.65. The molecule has 3 aromatic heterocycles. The molecule has 0 bridgehead atoms. The molecule has 1 aliphatic heterocycles. The third-order valence-corrected chi connectivity index (χ3v) is 9.13. The summed E-state index contributed by atoms with van der Waals surface area (Å²) in [5, 5.41) is 8.03. The fraction of sp³-hybridized carbons (Fsp3) is 0.419. The van der Waals surface area contributed by atoms with Crippen LogP contribution in [-0.4, -0.2) is 65.3 Å². The van der Waals surface area contributed by atoms with Gasteiger partial charge in [-0.3, -0.25) is 9.78 Å². The Morgan fingerprint density at radius 2 is 1.88 bits per heavy atom. The van der Waals surface area contributed by atoms with E-state index in [0.29, 0.717) is 39.1 Å². The molecular formula is C31H37N5O4S2. The first-order chi connectivity index (χ1) is 20.1. The molecule has 0 radical (unpaired) electrons. The Hall–Kier alpha value is -3.38. The Balaban J connectivity index is 1.48. The van der Waals surface area contributed by atoms with Crippen LogP contribution in [-0.2, 0) is 27.2 Å². The molecule has 0 saturated heterocycles. The second-order valence-corrected chi connectivity index (χ2v) is 13.5. The van der Waals surface area contributed by atoms with Crippen LogP contribution >= 0.6 is 22.7 Å². The molecule has 0 spiro atoms. The number of aromatic nitrogens is 2. The zero-order valence-corrected chi connectivity index (χ0v) is 26.3. The number of nitrogens with one attached hydrogen (secondary N) is 2. The van der Waals surface area contributed by atoms with E-state index < -0.39 is 5.60 Å². The van der Waals surface area contributed by atoms with Gasteiger partial charge in [0.1, 0.15) is 15.6 Å². The van der Waals surface area contributed by atoms with Crippen molar-refractivity contribution in [3.05, 3.63) is 53.2 Å². The number of methoxy groups -OCH3 is 1. The zero-order chi connectivity index (χ0) is 29.9. The Bertz CT molecular complexity index is 1560. The standard InChI is InChI=1S/C31H37N5O4S2/c1-19-16-22-25(18-36(19)30(38)40-31(2,3)4)42-29(35-26(37)10-13-33-14-15-39-5)27(22)28-34-23-17-21(6-7-24(23)41-28)20-8-11-32-12-9-20/h6-9,11-12,17,19,33H,10,13-16,18H2,1-5H3,(H,35,37). The minimum absolute atomic E-state index is 0.0677. The SMILES string of the molecule is COCCNCCC(=O)Nc1sc2c(c1-c1nc3cc(-c4ccncc4)ccc3s1)CC(C)N(C(=O)OC(C)(C)C)C2. The Morgan fingerprint density at radius 3 is 2.62 bits per heavy atom. The summed E-state index contributed by atoms with van der Waals surface area (Å²) in [4.78, 5) is 38.1. The minimum Gasteiger partial charge on any atom is -0.444 e. The number of fused-ring (bicyclic) bond motifs is 2. The van der Waals surface area contributed by atoms with Gasteiger partial charge in [0.15, 0.2) is 0 Å². The summed E-state index contributed by atoms with van der Waals surface area (Å²) in [5.74, 6) is -0.0714. The number of anilines is 1. The fourth-order valence-electron chi connectivity index (χ4n) is 4.90. The van der Waals surface area contributed by atoms with Gasteiger partial charge in [-0.25, -0.2) is 9.78 Å². The maximum absolute atomic E-state index is 13.0. The first-order valence-corrected chi connectivity index (χ1v) is 15.7. The molecule has 1 aliphatic rings. The molecule has 4 heterocycles. The number of hydrogen-bond donors (Lipinski definition) is 2. The highest BCUT2D eigenvalue weighted by Crippen LogP contribution is 2.47. The summed E-state index contributed by atoms with van der Waals surface area (Å²) >= 11 is 3.14. The molecule has 2 N–H and O–H groups in total. The van der Waals surface area contributed by atoms with Gasteiger partial charge in [-0.15, -0.1) is 22.7 Å². The van der Waals surface area contributed by atoms with Crippen LogP contribution in [0.2, 0.25) is 0 Å². The minimum atomic E-state index is -0.579. The van der Waals surface area contributed by atoms with Crippen LogP contribution in [0.5, 0.6) is 0 Å². The zero-order valence-electron chi connectivity index (χ0n) is 24.7.